The molecule has 8 nitrogen and oxygen atoms in total. The minimum atomic E-state index is 0.612. The predicted molar refractivity (Wildman–Crippen MR) is 74.9 cm³/mol. The molecule has 0 fully saturated rings. The van der Waals surface area contributed by atoms with E-state index in [4.69, 9.17) is 4.42 Å². The summed E-state index contributed by atoms with van der Waals surface area (Å²) < 4.78 is 5.61. The van der Waals surface area contributed by atoms with Crippen molar-refractivity contribution in [3.63, 3.8) is 0 Å². The van der Waals surface area contributed by atoms with Gasteiger partial charge in [0.1, 0.15) is 15.8 Å². The molecule has 0 aliphatic rings. The number of H-pyrrole nitrogens is 1. The van der Waals surface area contributed by atoms with E-state index in [2.05, 4.69) is 35.6 Å². The summed E-state index contributed by atoms with van der Waals surface area (Å²) in [4.78, 5) is 4.24. The zero-order chi connectivity index (χ0) is 14.7. The Hall–Kier alpha value is -2.16. The third-order valence-corrected chi connectivity index (χ3v) is 3.73. The van der Waals surface area contributed by atoms with Crippen LogP contribution < -0.4 is 0 Å². The van der Waals surface area contributed by atoms with Crippen molar-refractivity contribution in [1.29, 1.82) is 0 Å². The Balaban J connectivity index is 1.51. The fraction of sp³-hybridized carbons (Fsp3) is 0.500. The maximum absolute atomic E-state index is 5.61. The molecule has 110 valence electrons. The van der Waals surface area contributed by atoms with E-state index in [9.17, 15) is 0 Å². The summed E-state index contributed by atoms with van der Waals surface area (Å²) in [7, 11) is 0. The molecule has 9 heteroatoms. The van der Waals surface area contributed by atoms with Crippen LogP contribution in [0.3, 0.4) is 0 Å². The first-order chi connectivity index (χ1) is 10.2. The van der Waals surface area contributed by atoms with Crippen LogP contribution in [-0.4, -0.2) is 35.6 Å². The lowest BCUT2D eigenvalue weighted by molar-refractivity contribution is 0.446. The van der Waals surface area contributed by atoms with Gasteiger partial charge in [-0.3, -0.25) is 5.10 Å². The van der Waals surface area contributed by atoms with E-state index >= 15 is 0 Å². The topological polar surface area (TPSA) is 106 Å². The second kappa shape index (κ2) is 6.08. The normalized spacial score (nSPS) is 11.1. The van der Waals surface area contributed by atoms with Crippen LogP contribution in [0.2, 0.25) is 0 Å². The highest BCUT2D eigenvalue weighted by Crippen LogP contribution is 2.12. The number of nitrogens with zero attached hydrogens (tertiary/aromatic N) is 6. The van der Waals surface area contributed by atoms with Gasteiger partial charge in [0.2, 0.25) is 11.8 Å². The molecule has 0 bridgehead atoms. The Morgan fingerprint density at radius 1 is 0.952 bits per heavy atom. The van der Waals surface area contributed by atoms with Gasteiger partial charge < -0.3 is 4.42 Å². The quantitative estimate of drug-likeness (QED) is 0.729. The van der Waals surface area contributed by atoms with E-state index in [1.165, 1.54) is 0 Å². The van der Waals surface area contributed by atoms with E-state index in [1.807, 2.05) is 13.8 Å². The fourth-order valence-electron chi connectivity index (χ4n) is 1.86. The molecule has 0 atom stereocenters. The summed E-state index contributed by atoms with van der Waals surface area (Å²) in [6, 6.07) is 0. The first-order valence-corrected chi connectivity index (χ1v) is 7.49. The van der Waals surface area contributed by atoms with Crippen LogP contribution in [0.1, 0.15) is 33.4 Å². The van der Waals surface area contributed by atoms with Gasteiger partial charge in [-0.25, -0.2) is 4.98 Å². The molecule has 3 heterocycles. The second-order valence-corrected chi connectivity index (χ2v) is 5.91. The Labute approximate surface area is 125 Å². The lowest BCUT2D eigenvalue weighted by Crippen LogP contribution is -1.94. The van der Waals surface area contributed by atoms with Crippen molar-refractivity contribution in [3.8, 4) is 0 Å². The minimum Gasteiger partial charge on any atom is -0.425 e. The van der Waals surface area contributed by atoms with Gasteiger partial charge in [-0.15, -0.1) is 31.7 Å². The zero-order valence-corrected chi connectivity index (χ0v) is 12.6. The van der Waals surface area contributed by atoms with Crippen LogP contribution in [0.25, 0.3) is 0 Å². The number of aryl methyl sites for hydroxylation is 6. The van der Waals surface area contributed by atoms with Gasteiger partial charge >= 0.3 is 0 Å². The van der Waals surface area contributed by atoms with Gasteiger partial charge in [0.25, 0.3) is 0 Å². The number of hydrogen-bond acceptors (Lipinski definition) is 8. The van der Waals surface area contributed by atoms with Crippen LogP contribution in [0.4, 0.5) is 0 Å². The Kier molecular flexibility index (Phi) is 4.00. The molecule has 1 N–H and O–H groups in total. The van der Waals surface area contributed by atoms with Gasteiger partial charge in [-0.1, -0.05) is 0 Å². The maximum atomic E-state index is 5.61. The number of rotatable bonds is 6. The van der Waals surface area contributed by atoms with E-state index in [0.717, 1.165) is 28.1 Å². The molecule has 3 rings (SSSR count). The molecule has 0 saturated heterocycles. The highest BCUT2D eigenvalue weighted by Gasteiger charge is 2.09. The van der Waals surface area contributed by atoms with Crippen molar-refractivity contribution in [2.24, 2.45) is 0 Å². The third kappa shape index (κ3) is 3.69. The molecule has 0 saturated carbocycles. The van der Waals surface area contributed by atoms with Crippen molar-refractivity contribution in [2.75, 3.05) is 0 Å². The zero-order valence-electron chi connectivity index (χ0n) is 11.8. The van der Waals surface area contributed by atoms with E-state index in [1.54, 1.807) is 11.3 Å². The average molecular weight is 305 g/mol. The monoisotopic (exact) mass is 305 g/mol. The van der Waals surface area contributed by atoms with Crippen molar-refractivity contribution in [2.45, 2.75) is 39.5 Å². The van der Waals surface area contributed by atoms with E-state index < -0.39 is 0 Å². The lowest BCUT2D eigenvalue weighted by Gasteiger charge is -1.92. The molecule has 21 heavy (non-hydrogen) atoms. The van der Waals surface area contributed by atoms with Crippen molar-refractivity contribution >= 4 is 11.3 Å². The van der Waals surface area contributed by atoms with Crippen LogP contribution >= 0.6 is 11.3 Å². The van der Waals surface area contributed by atoms with Crippen molar-refractivity contribution in [1.82, 2.24) is 35.6 Å². The number of hydrogen-bond donors (Lipinski definition) is 1. The lowest BCUT2D eigenvalue weighted by atomic mass is 10.3. The molecule has 3 aromatic rings. The number of nitrogens with one attached hydrogen (secondary N) is 1. The summed E-state index contributed by atoms with van der Waals surface area (Å²) in [5, 5.41) is 25.0. The molecule has 0 aliphatic heterocycles. The van der Waals surface area contributed by atoms with Gasteiger partial charge in [0, 0.05) is 25.7 Å². The number of aromatic amines is 1. The predicted octanol–water partition coefficient (Wildman–Crippen LogP) is 1.23. The maximum Gasteiger partial charge on any atom is 0.217 e. The summed E-state index contributed by atoms with van der Waals surface area (Å²) in [5.74, 6) is 2.81. The highest BCUT2D eigenvalue weighted by atomic mass is 32.1. The average Bonchev–Trinajstić information content (AvgIpc) is 3.16. The van der Waals surface area contributed by atoms with Gasteiger partial charge in [0.05, 0.1) is 0 Å². The fourth-order valence-corrected chi connectivity index (χ4v) is 2.57. The minimum absolute atomic E-state index is 0.612. The van der Waals surface area contributed by atoms with Gasteiger partial charge in [-0.2, -0.15) is 5.10 Å². The smallest absolute Gasteiger partial charge is 0.217 e. The third-order valence-electron chi connectivity index (χ3n) is 2.84. The summed E-state index contributed by atoms with van der Waals surface area (Å²) in [6.07, 6.45) is 2.78. The molecular formula is C12H15N7OS. The molecule has 0 aliphatic carbocycles. The highest BCUT2D eigenvalue weighted by molar-refractivity contribution is 7.11. The van der Waals surface area contributed by atoms with Crippen LogP contribution in [0, 0.1) is 13.8 Å². The molecule has 3 aromatic heterocycles. The molecular weight excluding hydrogens is 290 g/mol. The SMILES string of the molecule is Cc1nc(CCc2nnc(CCc3nnc(C)s3)o2)n[nH]1. The Bertz CT molecular complexity index is 658. The van der Waals surface area contributed by atoms with Gasteiger partial charge in [-0.05, 0) is 13.8 Å². The molecule has 0 aromatic carbocycles. The Morgan fingerprint density at radius 3 is 2.33 bits per heavy atom. The van der Waals surface area contributed by atoms with Crippen LogP contribution in [-0.2, 0) is 25.7 Å². The van der Waals surface area contributed by atoms with Crippen molar-refractivity contribution < 1.29 is 4.42 Å². The number of aromatic nitrogens is 7. The molecule has 0 radical (unpaired) electrons. The Morgan fingerprint density at radius 2 is 1.71 bits per heavy atom. The van der Waals surface area contributed by atoms with E-state index in [-0.39, 0.29) is 0 Å². The summed E-state index contributed by atoms with van der Waals surface area (Å²) in [5.41, 5.74) is 0. The summed E-state index contributed by atoms with van der Waals surface area (Å²) in [6.45, 7) is 3.81. The van der Waals surface area contributed by atoms with Crippen molar-refractivity contribution in [3.05, 3.63) is 33.4 Å². The van der Waals surface area contributed by atoms with Crippen LogP contribution in [0.15, 0.2) is 4.42 Å². The largest absolute Gasteiger partial charge is 0.425 e. The van der Waals surface area contributed by atoms with E-state index in [0.29, 0.717) is 31.0 Å². The molecule has 0 amide bonds. The first-order valence-electron chi connectivity index (χ1n) is 6.67. The molecule has 0 spiro atoms. The summed E-state index contributed by atoms with van der Waals surface area (Å²) >= 11 is 1.59. The second-order valence-electron chi connectivity index (χ2n) is 4.64. The standard InChI is InChI=1S/C12H15N7OS/c1-7-13-9(16-14-7)3-4-10-17-18-11(20-10)5-6-12-19-15-8(2)21-12/h3-6H2,1-2H3,(H,13,14,16). The van der Waals surface area contributed by atoms with Gasteiger partial charge in [0.15, 0.2) is 5.82 Å². The van der Waals surface area contributed by atoms with Crippen LogP contribution in [0.5, 0.6) is 0 Å². The molecule has 0 unspecified atom stereocenters. The first kappa shape index (κ1) is 13.8.